The maximum Gasteiger partial charge on any atom is 0.139 e. The fraction of sp³-hybridized carbons (Fsp3) is 0.533. The third-order valence-corrected chi connectivity index (χ3v) is 4.56. The third kappa shape index (κ3) is 2.73. The molecule has 1 aliphatic rings. The molecule has 1 aliphatic carbocycles. The Bertz CT molecular complexity index is 454. The average molecular weight is 285 g/mol. The molecule has 0 aliphatic heterocycles. The van der Waals surface area contributed by atoms with Crippen LogP contribution in [0.15, 0.2) is 18.2 Å². The summed E-state index contributed by atoms with van der Waals surface area (Å²) in [7, 11) is 0. The number of benzene rings is 1. The maximum atomic E-state index is 12.2. The number of ketones is 1. The summed E-state index contributed by atoms with van der Waals surface area (Å²) < 4.78 is 0. The van der Waals surface area contributed by atoms with Gasteiger partial charge < -0.3 is 0 Å². The molecule has 0 unspecified atom stereocenters. The van der Waals surface area contributed by atoms with Crippen LogP contribution >= 0.6 is 23.2 Å². The summed E-state index contributed by atoms with van der Waals surface area (Å²) in [6.07, 6.45) is 3.19. The number of Topliss-reactive ketones (excluding diaryl/α,β-unsaturated/α-hetero) is 1. The van der Waals surface area contributed by atoms with Gasteiger partial charge in [0.15, 0.2) is 0 Å². The molecular weight excluding hydrogens is 267 g/mol. The predicted octanol–water partition coefficient (Wildman–Crippen LogP) is 5.10. The highest BCUT2D eigenvalue weighted by Gasteiger charge is 2.34. The first-order valence-corrected chi connectivity index (χ1v) is 7.25. The molecule has 0 aromatic heterocycles. The number of rotatable bonds is 3. The molecule has 2 atom stereocenters. The first-order chi connectivity index (χ1) is 8.50. The molecule has 1 saturated carbocycles. The Balaban J connectivity index is 2.26. The molecule has 0 saturated heterocycles. The molecular formula is C15H18Cl2O. The van der Waals surface area contributed by atoms with Crippen molar-refractivity contribution < 1.29 is 4.79 Å². The fourth-order valence-corrected chi connectivity index (χ4v) is 3.18. The highest BCUT2D eigenvalue weighted by Crippen LogP contribution is 2.42. The van der Waals surface area contributed by atoms with Crippen molar-refractivity contribution in [1.29, 1.82) is 0 Å². The minimum Gasteiger partial charge on any atom is -0.299 e. The minimum absolute atomic E-state index is 0.110. The molecule has 2 rings (SSSR count). The summed E-state index contributed by atoms with van der Waals surface area (Å²) >= 11 is 12.0. The van der Waals surface area contributed by atoms with Crippen LogP contribution in [0.2, 0.25) is 10.0 Å². The van der Waals surface area contributed by atoms with Gasteiger partial charge in [0.2, 0.25) is 0 Å². The van der Waals surface area contributed by atoms with Gasteiger partial charge in [-0.1, -0.05) is 49.5 Å². The largest absolute Gasteiger partial charge is 0.299 e. The van der Waals surface area contributed by atoms with E-state index in [0.717, 1.165) is 24.8 Å². The number of halogens is 2. The molecule has 1 aromatic rings. The van der Waals surface area contributed by atoms with E-state index in [1.54, 1.807) is 0 Å². The average Bonchev–Trinajstić information content (AvgIpc) is 2.80. The van der Waals surface area contributed by atoms with Crippen LogP contribution in [0, 0.1) is 11.8 Å². The van der Waals surface area contributed by atoms with Gasteiger partial charge in [0.1, 0.15) is 5.78 Å². The molecule has 0 bridgehead atoms. The summed E-state index contributed by atoms with van der Waals surface area (Å²) in [5, 5.41) is 1.15. The number of hydrogen-bond acceptors (Lipinski definition) is 1. The maximum absolute atomic E-state index is 12.2. The van der Waals surface area contributed by atoms with Gasteiger partial charge >= 0.3 is 0 Å². The van der Waals surface area contributed by atoms with Crippen LogP contribution in [-0.2, 0) is 4.79 Å². The molecule has 0 N–H and O–H groups in total. The van der Waals surface area contributed by atoms with Gasteiger partial charge in [-0.25, -0.2) is 0 Å². The van der Waals surface area contributed by atoms with E-state index in [-0.39, 0.29) is 11.8 Å². The summed E-state index contributed by atoms with van der Waals surface area (Å²) in [5.74, 6) is 0.957. The Morgan fingerprint density at radius 1 is 1.22 bits per heavy atom. The molecule has 1 fully saturated rings. The quantitative estimate of drug-likeness (QED) is 0.755. The second-order valence-corrected chi connectivity index (χ2v) is 6.19. The van der Waals surface area contributed by atoms with E-state index in [4.69, 9.17) is 23.2 Å². The summed E-state index contributed by atoms with van der Waals surface area (Å²) in [5.41, 5.74) is 1.15. The van der Waals surface area contributed by atoms with Crippen LogP contribution in [0.4, 0.5) is 0 Å². The second kappa shape index (κ2) is 5.63. The third-order valence-electron chi connectivity index (χ3n) is 3.82. The van der Waals surface area contributed by atoms with Crippen molar-refractivity contribution in [2.45, 2.75) is 39.0 Å². The molecule has 1 nitrogen and oxygen atoms in total. The van der Waals surface area contributed by atoms with E-state index in [2.05, 4.69) is 0 Å². The van der Waals surface area contributed by atoms with Crippen molar-refractivity contribution in [3.8, 4) is 0 Å². The van der Waals surface area contributed by atoms with E-state index in [0.29, 0.717) is 21.7 Å². The van der Waals surface area contributed by atoms with Crippen molar-refractivity contribution in [3.63, 3.8) is 0 Å². The normalized spacial score (nSPS) is 23.6. The van der Waals surface area contributed by atoms with Gasteiger partial charge in [0, 0.05) is 11.8 Å². The van der Waals surface area contributed by atoms with Crippen molar-refractivity contribution in [1.82, 2.24) is 0 Å². The Hall–Kier alpha value is -0.530. The Kier molecular flexibility index (Phi) is 4.34. The minimum atomic E-state index is 0.110. The van der Waals surface area contributed by atoms with Crippen molar-refractivity contribution in [3.05, 3.63) is 33.8 Å². The predicted molar refractivity (Wildman–Crippen MR) is 76.4 cm³/mol. The fourth-order valence-electron chi connectivity index (χ4n) is 2.87. The number of hydrogen-bond donors (Lipinski definition) is 0. The van der Waals surface area contributed by atoms with Crippen LogP contribution in [0.5, 0.6) is 0 Å². The van der Waals surface area contributed by atoms with E-state index in [1.165, 1.54) is 0 Å². The number of carbonyl (C=O) groups excluding carboxylic acids is 1. The van der Waals surface area contributed by atoms with Crippen molar-refractivity contribution in [2.75, 3.05) is 0 Å². The van der Waals surface area contributed by atoms with Gasteiger partial charge in [0.05, 0.1) is 10.0 Å². The van der Waals surface area contributed by atoms with E-state index >= 15 is 0 Å². The van der Waals surface area contributed by atoms with Crippen LogP contribution in [0.25, 0.3) is 0 Å². The molecule has 3 heteroatoms. The molecule has 98 valence electrons. The van der Waals surface area contributed by atoms with Crippen LogP contribution in [-0.4, -0.2) is 5.78 Å². The lowest BCUT2D eigenvalue weighted by molar-refractivity contribution is -0.126. The SMILES string of the molecule is CC(C)C(=O)[C@@H]1CCC[C@H]1c1ccc(Cl)c(Cl)c1. The van der Waals surface area contributed by atoms with Gasteiger partial charge in [-0.05, 0) is 36.5 Å². The zero-order valence-corrected chi connectivity index (χ0v) is 12.3. The smallest absolute Gasteiger partial charge is 0.139 e. The zero-order chi connectivity index (χ0) is 13.3. The Morgan fingerprint density at radius 2 is 1.94 bits per heavy atom. The van der Waals surface area contributed by atoms with Gasteiger partial charge in [0.25, 0.3) is 0 Å². The molecule has 0 heterocycles. The standard InChI is InChI=1S/C15H18Cl2O/c1-9(2)15(18)12-5-3-4-11(12)10-6-7-13(16)14(17)8-10/h6-9,11-12H,3-5H2,1-2H3/t11-,12+/m0/s1. The highest BCUT2D eigenvalue weighted by atomic mass is 35.5. The van der Waals surface area contributed by atoms with Crippen LogP contribution in [0.3, 0.4) is 0 Å². The lowest BCUT2D eigenvalue weighted by Gasteiger charge is -2.21. The monoisotopic (exact) mass is 284 g/mol. The van der Waals surface area contributed by atoms with Gasteiger partial charge in [-0.3, -0.25) is 4.79 Å². The lowest BCUT2D eigenvalue weighted by atomic mass is 9.83. The summed E-state index contributed by atoms with van der Waals surface area (Å²) in [4.78, 5) is 12.2. The Morgan fingerprint density at radius 3 is 2.56 bits per heavy atom. The first kappa shape index (κ1) is 13.9. The zero-order valence-electron chi connectivity index (χ0n) is 10.7. The summed E-state index contributed by atoms with van der Waals surface area (Å²) in [6.45, 7) is 3.96. The van der Waals surface area contributed by atoms with Crippen LogP contribution < -0.4 is 0 Å². The Labute approximate surface area is 118 Å². The van der Waals surface area contributed by atoms with Crippen molar-refractivity contribution in [2.24, 2.45) is 11.8 Å². The number of carbonyl (C=O) groups is 1. The van der Waals surface area contributed by atoms with Gasteiger partial charge in [-0.2, -0.15) is 0 Å². The summed E-state index contributed by atoms with van der Waals surface area (Å²) in [6, 6.07) is 5.75. The first-order valence-electron chi connectivity index (χ1n) is 6.49. The highest BCUT2D eigenvalue weighted by molar-refractivity contribution is 6.42. The van der Waals surface area contributed by atoms with E-state index < -0.39 is 0 Å². The molecule has 1 aromatic carbocycles. The topological polar surface area (TPSA) is 17.1 Å². The molecule has 18 heavy (non-hydrogen) atoms. The molecule has 0 amide bonds. The lowest BCUT2D eigenvalue weighted by Crippen LogP contribution is -2.22. The molecule has 0 radical (unpaired) electrons. The molecule has 0 spiro atoms. The second-order valence-electron chi connectivity index (χ2n) is 5.37. The van der Waals surface area contributed by atoms with Crippen molar-refractivity contribution >= 4 is 29.0 Å². The van der Waals surface area contributed by atoms with Crippen LogP contribution in [0.1, 0.15) is 44.6 Å². The van der Waals surface area contributed by atoms with E-state index in [1.807, 2.05) is 32.0 Å². The van der Waals surface area contributed by atoms with Gasteiger partial charge in [-0.15, -0.1) is 0 Å². The van der Waals surface area contributed by atoms with E-state index in [9.17, 15) is 4.79 Å².